The lowest BCUT2D eigenvalue weighted by Crippen LogP contribution is -2.02. The van der Waals surface area contributed by atoms with Crippen molar-refractivity contribution in [1.82, 2.24) is 0 Å². The van der Waals surface area contributed by atoms with E-state index in [0.717, 1.165) is 25.7 Å². The van der Waals surface area contributed by atoms with Crippen molar-refractivity contribution in [3.05, 3.63) is 0 Å². The van der Waals surface area contributed by atoms with Gasteiger partial charge in [-0.1, -0.05) is 142 Å². The summed E-state index contributed by atoms with van der Waals surface area (Å²) in [6.45, 7) is 4.66. The van der Waals surface area contributed by atoms with E-state index in [2.05, 4.69) is 18.2 Å². The topological polar surface area (TPSA) is 102 Å². The smallest absolute Gasteiger partial charge is 0.302 e. The Bertz CT molecular complexity index is 508. The van der Waals surface area contributed by atoms with Crippen molar-refractivity contribution in [2.75, 3.05) is 13.2 Å². The molecule has 0 aromatic carbocycles. The van der Waals surface area contributed by atoms with Crippen molar-refractivity contribution in [3.8, 4) is 0 Å². The minimum Gasteiger partial charge on any atom is -0.302 e. The van der Waals surface area contributed by atoms with Gasteiger partial charge in [-0.15, -0.1) is 0 Å². The Balaban J connectivity index is 3.85. The van der Waals surface area contributed by atoms with Gasteiger partial charge in [-0.05, 0) is 12.8 Å². The predicted molar refractivity (Wildman–Crippen MR) is 146 cm³/mol. The molecule has 0 bridgehead atoms. The van der Waals surface area contributed by atoms with Gasteiger partial charge in [0.25, 0.3) is 0 Å². The van der Waals surface area contributed by atoms with Crippen LogP contribution in [0.15, 0.2) is 0 Å². The van der Waals surface area contributed by atoms with Gasteiger partial charge in [0.15, 0.2) is 0 Å². The summed E-state index contributed by atoms with van der Waals surface area (Å²) in [5.41, 5.74) is 0. The van der Waals surface area contributed by atoms with E-state index >= 15 is 0 Å². The summed E-state index contributed by atoms with van der Waals surface area (Å²) in [5.74, 6) is 0. The highest BCUT2D eigenvalue weighted by Crippen LogP contribution is 2.61. The number of rotatable bonds is 28. The first-order chi connectivity index (χ1) is 16.8. The first-order valence-electron chi connectivity index (χ1n) is 14.5. The lowest BCUT2D eigenvalue weighted by molar-refractivity contribution is 0.136. The van der Waals surface area contributed by atoms with Crippen molar-refractivity contribution in [3.63, 3.8) is 0 Å². The molecule has 0 spiro atoms. The Kier molecular flexibility index (Phi) is 24.8. The number of hydrogen-bond acceptors (Lipinski definition) is 5. The first kappa shape index (κ1) is 35.3. The zero-order valence-corrected chi connectivity index (χ0v) is 24.6. The summed E-state index contributed by atoms with van der Waals surface area (Å²) >= 11 is 0. The third-order valence-electron chi connectivity index (χ3n) is 6.20. The highest BCUT2D eigenvalue weighted by molar-refractivity contribution is 7.61. The van der Waals surface area contributed by atoms with Crippen molar-refractivity contribution >= 4 is 15.6 Å². The van der Waals surface area contributed by atoms with Gasteiger partial charge in [-0.2, -0.15) is 4.31 Å². The first-order valence-corrected chi connectivity index (χ1v) is 17.5. The van der Waals surface area contributed by atoms with Crippen molar-refractivity contribution in [2.45, 2.75) is 155 Å². The Hall–Kier alpha value is 0.260. The van der Waals surface area contributed by atoms with Crippen molar-refractivity contribution in [2.24, 2.45) is 0 Å². The molecule has 0 aromatic heterocycles. The molecule has 212 valence electrons. The predicted octanol–water partition coefficient (Wildman–Crippen LogP) is 9.86. The molecular formula is C26H56O7P2. The Morgan fingerprint density at radius 3 is 0.971 bits per heavy atom. The third kappa shape index (κ3) is 27.1. The minimum absolute atomic E-state index is 0.104. The van der Waals surface area contributed by atoms with Crippen LogP contribution in [0.2, 0.25) is 0 Å². The van der Waals surface area contributed by atoms with Crippen molar-refractivity contribution in [1.29, 1.82) is 0 Å². The highest BCUT2D eigenvalue weighted by Gasteiger charge is 2.35. The average molecular weight is 543 g/mol. The van der Waals surface area contributed by atoms with Crippen LogP contribution in [0.1, 0.15) is 155 Å². The van der Waals surface area contributed by atoms with Gasteiger partial charge in [0.2, 0.25) is 0 Å². The molecule has 7 nitrogen and oxygen atoms in total. The molecule has 0 saturated carbocycles. The molecule has 0 amide bonds. The quantitative estimate of drug-likeness (QED) is 0.0749. The SMILES string of the molecule is CCCCCCCCCCCCCOP(=O)(OCCCCCCCCCCCCC)OP(=O)(O)O. The fraction of sp³-hybridized carbons (Fsp3) is 1.00. The van der Waals surface area contributed by atoms with Crippen LogP contribution in [0.4, 0.5) is 0 Å². The minimum atomic E-state index is -4.97. The molecule has 0 fully saturated rings. The van der Waals surface area contributed by atoms with Crippen LogP contribution in [0.3, 0.4) is 0 Å². The van der Waals surface area contributed by atoms with Gasteiger partial charge in [0, 0.05) is 0 Å². The molecule has 0 heterocycles. The summed E-state index contributed by atoms with van der Waals surface area (Å²) in [7, 11) is -9.23. The third-order valence-corrected chi connectivity index (χ3v) is 8.85. The maximum absolute atomic E-state index is 12.6. The van der Waals surface area contributed by atoms with E-state index in [-0.39, 0.29) is 13.2 Å². The normalized spacial score (nSPS) is 12.5. The fourth-order valence-corrected chi connectivity index (χ4v) is 6.30. The van der Waals surface area contributed by atoms with E-state index < -0.39 is 15.6 Å². The van der Waals surface area contributed by atoms with E-state index in [1.54, 1.807) is 0 Å². The van der Waals surface area contributed by atoms with Crippen LogP contribution >= 0.6 is 15.6 Å². The molecule has 0 aliphatic carbocycles. The van der Waals surface area contributed by atoms with Gasteiger partial charge < -0.3 is 9.79 Å². The summed E-state index contributed by atoms with van der Waals surface area (Å²) in [6, 6.07) is 0. The molecule has 0 aliphatic rings. The molecule has 0 aliphatic heterocycles. The van der Waals surface area contributed by atoms with E-state index in [1.165, 1.54) is 103 Å². The van der Waals surface area contributed by atoms with Crippen molar-refractivity contribution < 1.29 is 32.3 Å². The molecular weight excluding hydrogens is 486 g/mol. The Morgan fingerprint density at radius 1 is 0.457 bits per heavy atom. The molecule has 0 radical (unpaired) electrons. The summed E-state index contributed by atoms with van der Waals surface area (Å²) in [6.07, 6.45) is 25.8. The van der Waals surface area contributed by atoms with Gasteiger partial charge in [0.1, 0.15) is 0 Å². The highest BCUT2D eigenvalue weighted by atomic mass is 31.3. The largest absolute Gasteiger partial charge is 0.483 e. The van der Waals surface area contributed by atoms with E-state index in [9.17, 15) is 9.13 Å². The average Bonchev–Trinajstić information content (AvgIpc) is 2.79. The Morgan fingerprint density at radius 2 is 0.714 bits per heavy atom. The molecule has 35 heavy (non-hydrogen) atoms. The second-order valence-electron chi connectivity index (χ2n) is 9.76. The fourth-order valence-electron chi connectivity index (χ4n) is 4.10. The Labute approximate surface area is 216 Å². The van der Waals surface area contributed by atoms with Gasteiger partial charge >= 0.3 is 15.6 Å². The second kappa shape index (κ2) is 24.6. The number of phosphoric ester groups is 1. The number of unbranched alkanes of at least 4 members (excludes halogenated alkanes) is 20. The van der Waals surface area contributed by atoms with Gasteiger partial charge in [-0.3, -0.25) is 9.05 Å². The van der Waals surface area contributed by atoms with Crippen LogP contribution in [-0.2, 0) is 22.5 Å². The summed E-state index contributed by atoms with van der Waals surface area (Å²) in [4.78, 5) is 18.2. The van der Waals surface area contributed by atoms with Crippen LogP contribution in [0.5, 0.6) is 0 Å². The summed E-state index contributed by atoms with van der Waals surface area (Å²) in [5, 5.41) is 0. The molecule has 9 heteroatoms. The molecule has 0 aromatic rings. The standard InChI is InChI=1S/C26H56O7P2/c1-3-5-7-9-11-13-15-17-19-21-23-25-31-35(30,33-34(27,28)29)32-26-24-22-20-18-16-14-12-10-8-6-4-2/h3-26H2,1-2H3,(H2,27,28,29). The number of hydrogen-bond donors (Lipinski definition) is 2. The van der Waals surface area contributed by atoms with Gasteiger partial charge in [-0.25, -0.2) is 9.13 Å². The zero-order valence-electron chi connectivity index (χ0n) is 22.8. The van der Waals surface area contributed by atoms with Crippen LogP contribution in [0.25, 0.3) is 0 Å². The van der Waals surface area contributed by atoms with E-state index in [1.807, 2.05) is 0 Å². The van der Waals surface area contributed by atoms with Gasteiger partial charge in [0.05, 0.1) is 13.2 Å². The molecule has 0 saturated heterocycles. The molecule has 0 unspecified atom stereocenters. The molecule has 0 atom stereocenters. The van der Waals surface area contributed by atoms with Crippen LogP contribution in [0, 0.1) is 0 Å². The van der Waals surface area contributed by atoms with E-state index in [4.69, 9.17) is 18.8 Å². The lowest BCUT2D eigenvalue weighted by Gasteiger charge is -2.18. The monoisotopic (exact) mass is 542 g/mol. The lowest BCUT2D eigenvalue weighted by atomic mass is 10.1. The molecule has 2 N–H and O–H groups in total. The summed E-state index contributed by atoms with van der Waals surface area (Å²) < 4.78 is 38.7. The maximum Gasteiger partial charge on any atom is 0.483 e. The van der Waals surface area contributed by atoms with E-state index in [0.29, 0.717) is 12.8 Å². The van der Waals surface area contributed by atoms with Crippen LogP contribution < -0.4 is 0 Å². The maximum atomic E-state index is 12.6. The zero-order chi connectivity index (χ0) is 26.1. The second-order valence-corrected chi connectivity index (χ2v) is 12.8. The number of phosphoric acid groups is 2. The van der Waals surface area contributed by atoms with Crippen LogP contribution in [-0.4, -0.2) is 23.0 Å². The molecule has 0 rings (SSSR count).